The molecule has 0 unspecified atom stereocenters. The van der Waals surface area contributed by atoms with Crippen molar-refractivity contribution in [2.45, 2.75) is 45.9 Å². The third-order valence-corrected chi connectivity index (χ3v) is 5.61. The molecule has 11 heteroatoms. The molecular weight excluding hydrogens is 472 g/mol. The standard InChI is InChI=1S/C24H25ClN6O4/c1-15(2)27-20(32)10-11-29-22(34)18-12-17(25)8-9-19(18)31-23(29)28-30(24(31)35)14-21(33)26-13-16-6-4-3-5-7-16/h3-9,12,15H,10-11,13-14H2,1-2H3,(H,26,33)(H,27,32). The van der Waals surface area contributed by atoms with Crippen molar-refractivity contribution < 1.29 is 9.59 Å². The van der Waals surface area contributed by atoms with Gasteiger partial charge in [0.15, 0.2) is 0 Å². The number of aromatic nitrogens is 4. The van der Waals surface area contributed by atoms with E-state index in [0.29, 0.717) is 17.1 Å². The number of nitrogens with one attached hydrogen (secondary N) is 2. The van der Waals surface area contributed by atoms with Crippen LogP contribution in [-0.2, 0) is 29.2 Å². The van der Waals surface area contributed by atoms with Gasteiger partial charge in [-0.25, -0.2) is 13.9 Å². The van der Waals surface area contributed by atoms with Crippen molar-refractivity contribution in [3.05, 3.63) is 80.0 Å². The van der Waals surface area contributed by atoms with E-state index in [-0.39, 0.29) is 42.6 Å². The second-order valence-corrected chi connectivity index (χ2v) is 8.86. The Bertz CT molecular complexity index is 1520. The third kappa shape index (κ3) is 5.27. The van der Waals surface area contributed by atoms with E-state index in [9.17, 15) is 19.2 Å². The Morgan fingerprint density at radius 3 is 2.51 bits per heavy atom. The summed E-state index contributed by atoms with van der Waals surface area (Å²) in [4.78, 5) is 51.2. The maximum absolute atomic E-state index is 13.3. The Hall–Kier alpha value is -3.92. The van der Waals surface area contributed by atoms with Gasteiger partial charge in [-0.1, -0.05) is 41.9 Å². The molecule has 2 aromatic carbocycles. The van der Waals surface area contributed by atoms with E-state index in [0.717, 1.165) is 10.2 Å². The summed E-state index contributed by atoms with van der Waals surface area (Å²) in [5.74, 6) is -0.599. The molecule has 4 aromatic rings. The molecule has 0 radical (unpaired) electrons. The fourth-order valence-electron chi connectivity index (χ4n) is 3.79. The molecule has 182 valence electrons. The minimum absolute atomic E-state index is 0.00000304. The van der Waals surface area contributed by atoms with Crippen LogP contribution in [0, 0.1) is 0 Å². The van der Waals surface area contributed by atoms with Gasteiger partial charge in [0, 0.05) is 30.6 Å². The number of carbonyl (C=O) groups excluding carboxylic acids is 2. The Kier molecular flexibility index (Phi) is 7.02. The summed E-state index contributed by atoms with van der Waals surface area (Å²) in [7, 11) is 0. The van der Waals surface area contributed by atoms with Crippen molar-refractivity contribution in [2.24, 2.45) is 0 Å². The maximum Gasteiger partial charge on any atom is 0.352 e. The number of benzene rings is 2. The van der Waals surface area contributed by atoms with E-state index < -0.39 is 17.2 Å². The van der Waals surface area contributed by atoms with E-state index in [1.165, 1.54) is 15.0 Å². The molecule has 2 heterocycles. The molecule has 0 fully saturated rings. The van der Waals surface area contributed by atoms with Crippen LogP contribution in [0.2, 0.25) is 5.02 Å². The van der Waals surface area contributed by atoms with Crippen LogP contribution in [0.15, 0.2) is 58.1 Å². The van der Waals surface area contributed by atoms with Crippen molar-refractivity contribution in [3.63, 3.8) is 0 Å². The van der Waals surface area contributed by atoms with Crippen LogP contribution in [0.3, 0.4) is 0 Å². The van der Waals surface area contributed by atoms with Crippen LogP contribution in [0.5, 0.6) is 0 Å². The summed E-state index contributed by atoms with van der Waals surface area (Å²) in [6.45, 7) is 3.65. The predicted molar refractivity (Wildman–Crippen MR) is 132 cm³/mol. The Morgan fingerprint density at radius 1 is 1.06 bits per heavy atom. The number of aryl methyl sites for hydroxylation is 1. The molecule has 4 rings (SSSR count). The topological polar surface area (TPSA) is 120 Å². The number of hydrogen-bond acceptors (Lipinski definition) is 5. The van der Waals surface area contributed by atoms with Crippen molar-refractivity contribution in [1.82, 2.24) is 29.4 Å². The average molecular weight is 497 g/mol. The molecule has 2 aromatic heterocycles. The van der Waals surface area contributed by atoms with E-state index >= 15 is 0 Å². The molecule has 0 saturated heterocycles. The fourth-order valence-corrected chi connectivity index (χ4v) is 3.97. The minimum Gasteiger partial charge on any atom is -0.354 e. The fraction of sp³-hybridized carbons (Fsp3) is 0.292. The lowest BCUT2D eigenvalue weighted by molar-refractivity contribution is -0.122. The number of hydrogen-bond donors (Lipinski definition) is 2. The first-order chi connectivity index (χ1) is 16.7. The van der Waals surface area contributed by atoms with E-state index in [2.05, 4.69) is 15.7 Å². The minimum atomic E-state index is -0.581. The van der Waals surface area contributed by atoms with Crippen LogP contribution in [0.25, 0.3) is 16.7 Å². The van der Waals surface area contributed by atoms with Crippen LogP contribution < -0.4 is 21.9 Å². The third-order valence-electron chi connectivity index (χ3n) is 5.38. The van der Waals surface area contributed by atoms with Gasteiger partial charge in [0.2, 0.25) is 17.6 Å². The SMILES string of the molecule is CC(C)NC(=O)CCn1c(=O)c2cc(Cl)ccc2n2c(=O)n(CC(=O)NCc3ccccc3)nc12. The molecule has 0 aliphatic rings. The van der Waals surface area contributed by atoms with Gasteiger partial charge in [0.1, 0.15) is 6.54 Å². The predicted octanol–water partition coefficient (Wildman–Crippen LogP) is 1.70. The van der Waals surface area contributed by atoms with Crippen molar-refractivity contribution in [3.8, 4) is 0 Å². The van der Waals surface area contributed by atoms with Gasteiger partial charge in [-0.3, -0.25) is 19.0 Å². The lowest BCUT2D eigenvalue weighted by Gasteiger charge is -2.11. The molecule has 0 saturated carbocycles. The van der Waals surface area contributed by atoms with Gasteiger partial charge in [0.05, 0.1) is 10.9 Å². The highest BCUT2D eigenvalue weighted by Crippen LogP contribution is 2.17. The van der Waals surface area contributed by atoms with Gasteiger partial charge in [-0.05, 0) is 37.6 Å². The first-order valence-electron chi connectivity index (χ1n) is 11.2. The second kappa shape index (κ2) is 10.1. The average Bonchev–Trinajstić information content (AvgIpc) is 3.13. The van der Waals surface area contributed by atoms with E-state index in [1.54, 1.807) is 12.1 Å². The molecule has 0 spiro atoms. The summed E-state index contributed by atoms with van der Waals surface area (Å²) < 4.78 is 3.53. The zero-order valence-corrected chi connectivity index (χ0v) is 20.1. The molecule has 10 nitrogen and oxygen atoms in total. The van der Waals surface area contributed by atoms with Crippen molar-refractivity contribution >= 4 is 40.1 Å². The van der Waals surface area contributed by atoms with Crippen molar-refractivity contribution in [2.75, 3.05) is 0 Å². The van der Waals surface area contributed by atoms with Gasteiger partial charge in [-0.2, -0.15) is 0 Å². The normalized spacial score (nSPS) is 11.3. The van der Waals surface area contributed by atoms with Gasteiger partial charge >= 0.3 is 5.69 Å². The zero-order valence-electron chi connectivity index (χ0n) is 19.3. The largest absolute Gasteiger partial charge is 0.354 e. The Balaban J connectivity index is 1.71. The lowest BCUT2D eigenvalue weighted by atomic mass is 10.2. The number of fused-ring (bicyclic) bond motifs is 3. The quantitative estimate of drug-likeness (QED) is 0.385. The molecule has 2 amide bonds. The first-order valence-corrected chi connectivity index (χ1v) is 11.5. The molecular formula is C24H25ClN6O4. The number of halogens is 1. The highest BCUT2D eigenvalue weighted by Gasteiger charge is 2.19. The number of nitrogens with zero attached hydrogens (tertiary/aromatic N) is 4. The summed E-state index contributed by atoms with van der Waals surface area (Å²) in [5, 5.41) is 10.4. The van der Waals surface area contributed by atoms with Crippen molar-refractivity contribution in [1.29, 1.82) is 0 Å². The van der Waals surface area contributed by atoms with Gasteiger partial charge in [0.25, 0.3) is 5.56 Å². The van der Waals surface area contributed by atoms with E-state index in [1.807, 2.05) is 44.2 Å². The summed E-state index contributed by atoms with van der Waals surface area (Å²) in [6, 6.07) is 13.9. The van der Waals surface area contributed by atoms with Gasteiger partial charge in [-0.15, -0.1) is 5.10 Å². The zero-order chi connectivity index (χ0) is 25.1. The summed E-state index contributed by atoms with van der Waals surface area (Å²) in [6.07, 6.45) is 0.0123. The van der Waals surface area contributed by atoms with Crippen LogP contribution in [0.1, 0.15) is 25.8 Å². The molecule has 35 heavy (non-hydrogen) atoms. The first kappa shape index (κ1) is 24.2. The second-order valence-electron chi connectivity index (χ2n) is 8.43. The van der Waals surface area contributed by atoms with E-state index in [4.69, 9.17) is 11.6 Å². The number of carbonyl (C=O) groups is 2. The molecule has 0 atom stereocenters. The molecule has 0 bridgehead atoms. The number of amides is 2. The van der Waals surface area contributed by atoms with Gasteiger partial charge < -0.3 is 10.6 Å². The van der Waals surface area contributed by atoms with Crippen LogP contribution in [-0.4, -0.2) is 36.6 Å². The Morgan fingerprint density at radius 2 is 1.80 bits per heavy atom. The smallest absolute Gasteiger partial charge is 0.352 e. The number of rotatable bonds is 8. The molecule has 0 aliphatic heterocycles. The summed E-state index contributed by atoms with van der Waals surface area (Å²) in [5.41, 5.74) is 0.221. The lowest BCUT2D eigenvalue weighted by Crippen LogP contribution is -2.33. The highest BCUT2D eigenvalue weighted by molar-refractivity contribution is 6.31. The molecule has 2 N–H and O–H groups in total. The molecule has 0 aliphatic carbocycles. The highest BCUT2D eigenvalue weighted by atomic mass is 35.5. The van der Waals surface area contributed by atoms with Crippen LogP contribution in [0.4, 0.5) is 0 Å². The monoisotopic (exact) mass is 496 g/mol. The Labute approximate surface area is 205 Å². The van der Waals surface area contributed by atoms with Crippen LogP contribution >= 0.6 is 11.6 Å². The maximum atomic E-state index is 13.3. The summed E-state index contributed by atoms with van der Waals surface area (Å²) >= 11 is 6.10.